The molecule has 0 spiro atoms. The van der Waals surface area contributed by atoms with Crippen molar-refractivity contribution >= 4 is 5.97 Å². The minimum Gasteiger partial charge on any atom is -0.493 e. The molecule has 0 amide bonds. The molecule has 0 unspecified atom stereocenters. The summed E-state index contributed by atoms with van der Waals surface area (Å²) < 4.78 is 10.9. The lowest BCUT2D eigenvalue weighted by Gasteiger charge is -2.37. The third kappa shape index (κ3) is 4.26. The lowest BCUT2D eigenvalue weighted by Crippen LogP contribution is -2.45. The zero-order valence-corrected chi connectivity index (χ0v) is 13.8. The van der Waals surface area contributed by atoms with Crippen molar-refractivity contribution in [3.8, 4) is 11.5 Å². The van der Waals surface area contributed by atoms with Gasteiger partial charge in [-0.05, 0) is 44.0 Å². The van der Waals surface area contributed by atoms with E-state index in [1.165, 1.54) is 0 Å². The summed E-state index contributed by atoms with van der Waals surface area (Å²) >= 11 is 0. The van der Waals surface area contributed by atoms with Gasteiger partial charge in [-0.2, -0.15) is 0 Å². The molecule has 23 heavy (non-hydrogen) atoms. The summed E-state index contributed by atoms with van der Waals surface area (Å²) in [5, 5.41) is 9.32. The van der Waals surface area contributed by atoms with Gasteiger partial charge in [0.15, 0.2) is 11.5 Å². The quantitative estimate of drug-likeness (QED) is 0.783. The maximum atomic E-state index is 11.3. The molecule has 1 saturated heterocycles. The normalized spacial score (nSPS) is 21.7. The van der Waals surface area contributed by atoms with Crippen LogP contribution in [0.15, 0.2) is 30.9 Å². The number of carboxylic acids is 1. The van der Waals surface area contributed by atoms with Gasteiger partial charge in [-0.1, -0.05) is 18.7 Å². The van der Waals surface area contributed by atoms with Gasteiger partial charge < -0.3 is 14.6 Å². The fourth-order valence-corrected chi connectivity index (χ4v) is 3.08. The predicted molar refractivity (Wildman–Crippen MR) is 88.9 cm³/mol. The van der Waals surface area contributed by atoms with Crippen LogP contribution in [0.25, 0.3) is 0 Å². The highest BCUT2D eigenvalue weighted by molar-refractivity contribution is 5.71. The molecule has 2 rings (SSSR count). The van der Waals surface area contributed by atoms with Crippen LogP contribution in [-0.2, 0) is 11.3 Å². The summed E-state index contributed by atoms with van der Waals surface area (Å²) in [5.74, 6) is 0.379. The number of benzene rings is 1. The van der Waals surface area contributed by atoms with E-state index in [2.05, 4.69) is 11.5 Å². The minimum atomic E-state index is -0.701. The average Bonchev–Trinajstić information content (AvgIpc) is 2.55. The molecule has 0 radical (unpaired) electrons. The number of methoxy groups -OCH3 is 1. The number of hydrogen-bond donors (Lipinski definition) is 1. The second-order valence-electron chi connectivity index (χ2n) is 5.88. The Morgan fingerprint density at radius 2 is 2.26 bits per heavy atom. The number of likely N-dealkylation sites (tertiary alicyclic amines) is 1. The van der Waals surface area contributed by atoms with Crippen LogP contribution in [0.2, 0.25) is 0 Å². The number of aliphatic carboxylic acids is 1. The largest absolute Gasteiger partial charge is 0.493 e. The number of ether oxygens (including phenoxy) is 2. The molecule has 1 aromatic rings. The minimum absolute atomic E-state index is 0.0314. The molecule has 0 aliphatic carbocycles. The van der Waals surface area contributed by atoms with Crippen LogP contribution in [0.3, 0.4) is 0 Å². The molecule has 0 aromatic heterocycles. The molecule has 5 heteroatoms. The van der Waals surface area contributed by atoms with E-state index < -0.39 is 5.97 Å². The van der Waals surface area contributed by atoms with Crippen molar-refractivity contribution in [2.24, 2.45) is 5.92 Å². The van der Waals surface area contributed by atoms with E-state index in [4.69, 9.17) is 9.47 Å². The molecule has 1 heterocycles. The molecule has 1 aromatic carbocycles. The van der Waals surface area contributed by atoms with Gasteiger partial charge >= 0.3 is 5.97 Å². The van der Waals surface area contributed by atoms with Crippen molar-refractivity contribution in [1.82, 2.24) is 4.90 Å². The maximum Gasteiger partial charge on any atom is 0.308 e. The molecule has 126 valence electrons. The Morgan fingerprint density at radius 3 is 2.91 bits per heavy atom. The molecule has 1 N–H and O–H groups in total. The highest BCUT2D eigenvalue weighted by Crippen LogP contribution is 2.30. The summed E-state index contributed by atoms with van der Waals surface area (Å²) in [5.41, 5.74) is 1.09. The SMILES string of the molecule is C=CCOc1ccc(CN2CCC[C@H](C(=O)O)[C@@H]2C)cc1OC. The van der Waals surface area contributed by atoms with Crippen molar-refractivity contribution in [3.63, 3.8) is 0 Å². The molecule has 0 saturated carbocycles. The van der Waals surface area contributed by atoms with E-state index in [-0.39, 0.29) is 12.0 Å². The van der Waals surface area contributed by atoms with Gasteiger partial charge in [-0.15, -0.1) is 0 Å². The van der Waals surface area contributed by atoms with Crippen LogP contribution in [0.4, 0.5) is 0 Å². The number of piperidine rings is 1. The first kappa shape index (κ1) is 17.3. The lowest BCUT2D eigenvalue weighted by molar-refractivity contribution is -0.145. The number of nitrogens with zero attached hydrogens (tertiary/aromatic N) is 1. The first-order valence-electron chi connectivity index (χ1n) is 7.94. The highest BCUT2D eigenvalue weighted by atomic mass is 16.5. The zero-order valence-electron chi connectivity index (χ0n) is 13.8. The van der Waals surface area contributed by atoms with E-state index in [0.717, 1.165) is 24.9 Å². The highest BCUT2D eigenvalue weighted by Gasteiger charge is 2.32. The Hall–Kier alpha value is -2.01. The number of carboxylic acid groups (broad SMARTS) is 1. The summed E-state index contributed by atoms with van der Waals surface area (Å²) in [4.78, 5) is 13.6. The molecule has 1 aliphatic rings. The summed E-state index contributed by atoms with van der Waals surface area (Å²) in [6, 6.07) is 5.87. The molecular weight excluding hydrogens is 294 g/mol. The van der Waals surface area contributed by atoms with Crippen LogP contribution in [-0.4, -0.2) is 42.3 Å². The second kappa shape index (κ2) is 8.02. The average molecular weight is 319 g/mol. The van der Waals surface area contributed by atoms with Gasteiger partial charge in [0, 0.05) is 12.6 Å². The van der Waals surface area contributed by atoms with Crippen LogP contribution in [0.1, 0.15) is 25.3 Å². The zero-order chi connectivity index (χ0) is 16.8. The number of hydrogen-bond acceptors (Lipinski definition) is 4. The van der Waals surface area contributed by atoms with E-state index in [1.54, 1.807) is 13.2 Å². The van der Waals surface area contributed by atoms with Crippen molar-refractivity contribution in [3.05, 3.63) is 36.4 Å². The predicted octanol–water partition coefficient (Wildman–Crippen LogP) is 2.95. The van der Waals surface area contributed by atoms with Crippen molar-refractivity contribution in [2.75, 3.05) is 20.3 Å². The van der Waals surface area contributed by atoms with E-state index in [9.17, 15) is 9.90 Å². The van der Waals surface area contributed by atoms with Crippen LogP contribution < -0.4 is 9.47 Å². The van der Waals surface area contributed by atoms with Crippen molar-refractivity contribution in [1.29, 1.82) is 0 Å². The first-order valence-corrected chi connectivity index (χ1v) is 7.94. The molecule has 1 fully saturated rings. The van der Waals surface area contributed by atoms with Gasteiger partial charge in [0.25, 0.3) is 0 Å². The maximum absolute atomic E-state index is 11.3. The summed E-state index contributed by atoms with van der Waals surface area (Å²) in [6.07, 6.45) is 3.36. The molecule has 2 atom stereocenters. The smallest absolute Gasteiger partial charge is 0.308 e. The number of rotatable bonds is 7. The monoisotopic (exact) mass is 319 g/mol. The van der Waals surface area contributed by atoms with Crippen molar-refractivity contribution < 1.29 is 19.4 Å². The molecular formula is C18H25NO4. The molecule has 1 aliphatic heterocycles. The standard InChI is InChI=1S/C18H25NO4/c1-4-10-23-16-8-7-14(11-17(16)22-3)12-19-9-5-6-15(13(19)2)18(20)21/h4,7-8,11,13,15H,1,5-6,9-10,12H2,2-3H3,(H,20,21)/t13-,15-/m0/s1. The molecule has 5 nitrogen and oxygen atoms in total. The van der Waals surface area contributed by atoms with Crippen LogP contribution in [0, 0.1) is 5.92 Å². The Balaban J connectivity index is 2.10. The lowest BCUT2D eigenvalue weighted by atomic mass is 9.90. The van der Waals surface area contributed by atoms with E-state index in [0.29, 0.717) is 24.7 Å². The third-order valence-electron chi connectivity index (χ3n) is 4.41. The number of carbonyl (C=O) groups is 1. The Labute approximate surface area is 137 Å². The summed E-state index contributed by atoms with van der Waals surface area (Å²) in [7, 11) is 1.61. The van der Waals surface area contributed by atoms with E-state index in [1.807, 2.05) is 25.1 Å². The second-order valence-corrected chi connectivity index (χ2v) is 5.88. The van der Waals surface area contributed by atoms with Crippen LogP contribution in [0.5, 0.6) is 11.5 Å². The van der Waals surface area contributed by atoms with Gasteiger partial charge in [0.2, 0.25) is 0 Å². The summed E-state index contributed by atoms with van der Waals surface area (Å²) in [6.45, 7) is 7.69. The van der Waals surface area contributed by atoms with E-state index >= 15 is 0 Å². The van der Waals surface area contributed by atoms with Gasteiger partial charge in [-0.3, -0.25) is 9.69 Å². The Morgan fingerprint density at radius 1 is 1.48 bits per heavy atom. The fourth-order valence-electron chi connectivity index (χ4n) is 3.08. The molecule has 0 bridgehead atoms. The third-order valence-corrected chi connectivity index (χ3v) is 4.41. The van der Waals surface area contributed by atoms with Crippen molar-refractivity contribution in [2.45, 2.75) is 32.4 Å². The van der Waals surface area contributed by atoms with Crippen LogP contribution >= 0.6 is 0 Å². The van der Waals surface area contributed by atoms with Gasteiger partial charge in [0.05, 0.1) is 13.0 Å². The Kier molecular flexibility index (Phi) is 6.04. The topological polar surface area (TPSA) is 59.0 Å². The van der Waals surface area contributed by atoms with Gasteiger partial charge in [-0.25, -0.2) is 0 Å². The van der Waals surface area contributed by atoms with Gasteiger partial charge in [0.1, 0.15) is 6.61 Å². The first-order chi connectivity index (χ1) is 11.1. The fraction of sp³-hybridized carbons (Fsp3) is 0.500. The Bertz CT molecular complexity index is 558.